The van der Waals surface area contributed by atoms with Crippen LogP contribution < -0.4 is 0 Å². The predicted molar refractivity (Wildman–Crippen MR) is 235 cm³/mol. The molecule has 4 heteroatoms. The first-order valence-electron chi connectivity index (χ1n) is 21.7. The minimum Gasteiger partial charge on any atom is -0.455 e. The van der Waals surface area contributed by atoms with Crippen LogP contribution in [-0.2, 0) is 0 Å². The second kappa shape index (κ2) is 13.6. The molecule has 11 aromatic rings. The van der Waals surface area contributed by atoms with E-state index in [4.69, 9.17) is 24.9 Å². The topological polar surface area (TPSA) is 51.8 Å². The summed E-state index contributed by atoms with van der Waals surface area (Å²) in [5.74, 6) is 0.634. The molecule has 0 aliphatic heterocycles. The number of furan rings is 1. The highest BCUT2D eigenvalue weighted by molar-refractivity contribution is 6.12. The normalized spacial score (nSPS) is 13.0. The van der Waals surface area contributed by atoms with Crippen LogP contribution in [0.25, 0.3) is 111 Å². The summed E-state index contributed by atoms with van der Waals surface area (Å²) in [6.45, 7) is 0. The van der Waals surface area contributed by atoms with Gasteiger partial charge in [0.25, 0.3) is 0 Å². The third kappa shape index (κ3) is 5.83. The third-order valence-electron chi connectivity index (χ3n) is 10.4. The number of nitrogens with zero attached hydrogens (tertiary/aromatic N) is 3. The van der Waals surface area contributed by atoms with Gasteiger partial charge in [-0.05, 0) is 85.7 Å². The number of hydrogen-bond donors (Lipinski definition) is 0. The second-order valence-electron chi connectivity index (χ2n) is 13.9. The molecule has 0 bridgehead atoms. The summed E-state index contributed by atoms with van der Waals surface area (Å²) in [4.78, 5) is 15.0. The van der Waals surface area contributed by atoms with Crippen molar-refractivity contribution in [2.75, 3.05) is 0 Å². The molecule has 0 saturated heterocycles. The van der Waals surface area contributed by atoms with Crippen molar-refractivity contribution in [3.63, 3.8) is 0 Å². The summed E-state index contributed by atoms with van der Waals surface area (Å²) >= 11 is 0. The lowest BCUT2D eigenvalue weighted by atomic mass is 9.92. The van der Waals surface area contributed by atoms with Crippen molar-refractivity contribution < 1.29 is 12.6 Å². The smallest absolute Gasteiger partial charge is 0.164 e. The number of benzene rings is 9. The number of hydrogen-bond acceptors (Lipinski definition) is 4. The van der Waals surface area contributed by atoms with E-state index in [1.165, 1.54) is 0 Å². The maximum absolute atomic E-state index is 10.00. The molecule has 57 heavy (non-hydrogen) atoms. The van der Waals surface area contributed by atoms with E-state index in [2.05, 4.69) is 42.5 Å². The molecule has 2 aromatic heterocycles. The lowest BCUT2D eigenvalue weighted by molar-refractivity contribution is 0.670. The van der Waals surface area contributed by atoms with Gasteiger partial charge in [-0.1, -0.05) is 164 Å². The van der Waals surface area contributed by atoms with Gasteiger partial charge in [0.05, 0.1) is 8.22 Å². The summed E-state index contributed by atoms with van der Waals surface area (Å²) in [6, 6.07) is 51.4. The molecule has 4 nitrogen and oxygen atoms in total. The molecule has 0 N–H and O–H groups in total. The number of para-hydroxylation sites is 2. The quantitative estimate of drug-likeness (QED) is 0.171. The van der Waals surface area contributed by atoms with E-state index in [1.807, 2.05) is 115 Å². The van der Waals surface area contributed by atoms with E-state index >= 15 is 0 Å². The molecule has 11 rings (SSSR count). The van der Waals surface area contributed by atoms with Crippen LogP contribution in [0.15, 0.2) is 204 Å². The van der Waals surface area contributed by atoms with E-state index in [0.29, 0.717) is 39.5 Å². The van der Waals surface area contributed by atoms with Gasteiger partial charge in [0.15, 0.2) is 17.5 Å². The first-order valence-corrected chi connectivity index (χ1v) is 18.7. The maximum atomic E-state index is 10.00. The highest BCUT2D eigenvalue weighted by Crippen LogP contribution is 2.41. The first kappa shape index (κ1) is 27.0. The van der Waals surface area contributed by atoms with Gasteiger partial charge < -0.3 is 4.42 Å². The first-order chi connectivity index (χ1) is 30.7. The van der Waals surface area contributed by atoms with E-state index in [1.54, 1.807) is 6.07 Å². The number of rotatable bonds is 6. The van der Waals surface area contributed by atoms with Gasteiger partial charge >= 0.3 is 0 Å². The zero-order chi connectivity index (χ0) is 42.9. The molecule has 0 amide bonds. The molecular formula is C53H33N3O. The fourth-order valence-corrected chi connectivity index (χ4v) is 7.70. The van der Waals surface area contributed by atoms with Crippen molar-refractivity contribution in [2.24, 2.45) is 0 Å². The van der Waals surface area contributed by atoms with Gasteiger partial charge in [0.1, 0.15) is 11.2 Å². The maximum Gasteiger partial charge on any atom is 0.164 e. The average molecular weight is 734 g/mol. The fourth-order valence-electron chi connectivity index (χ4n) is 7.70. The Bertz CT molecular complexity index is 3650. The molecule has 0 aliphatic rings. The predicted octanol–water partition coefficient (Wildman–Crippen LogP) is 14.1. The van der Waals surface area contributed by atoms with Gasteiger partial charge in [0.2, 0.25) is 0 Å². The van der Waals surface area contributed by atoms with Crippen LogP contribution in [0.4, 0.5) is 0 Å². The Hall–Kier alpha value is -7.69. The van der Waals surface area contributed by atoms with Crippen LogP contribution in [0.2, 0.25) is 0 Å². The van der Waals surface area contributed by atoms with Gasteiger partial charge in [-0.2, -0.15) is 0 Å². The molecule has 9 aromatic carbocycles. The van der Waals surface area contributed by atoms with Gasteiger partial charge in [-0.15, -0.1) is 0 Å². The van der Waals surface area contributed by atoms with Gasteiger partial charge in [-0.3, -0.25) is 0 Å². The summed E-state index contributed by atoms with van der Waals surface area (Å²) in [5, 5.41) is 3.82. The molecule has 266 valence electrons. The Balaban J connectivity index is 1.18. The molecular weight excluding hydrogens is 695 g/mol. The lowest BCUT2D eigenvalue weighted by Crippen LogP contribution is -2.00. The monoisotopic (exact) mass is 733 g/mol. The second-order valence-corrected chi connectivity index (χ2v) is 13.9. The van der Waals surface area contributed by atoms with Crippen LogP contribution in [-0.4, -0.2) is 15.0 Å². The minimum absolute atomic E-state index is 0.00538. The SMILES string of the molecule is [2H]c1c([2H])c([2H])c2c(-c3cccc4c3oc3ccccc34)c([2H])c(-c3nc(-c4ccccc4)nc(-c4cccc(-c5cc(-c6ccccc6)cc6ccccc56)c4)n3)c([2H])c2c1[2H]. The molecule has 0 atom stereocenters. The average Bonchev–Trinajstić information content (AvgIpc) is 3.72. The molecule has 0 spiro atoms. The van der Waals surface area contributed by atoms with Gasteiger partial charge in [0, 0.05) is 33.0 Å². The highest BCUT2D eigenvalue weighted by atomic mass is 16.3. The Kier molecular flexibility index (Phi) is 6.42. The standard InChI is InChI=1S/C53H33N3O/c1-3-15-34(16-4-1)40-30-36-19-7-9-23-42(36)47(32-40)38-21-13-22-39(29-38)52-54-51(35-17-5-2-6-18-35)55-53(56-52)41-31-37-20-8-10-24-43(37)48(33-41)46-27-14-26-45-44-25-11-12-28-49(44)57-50(45)46/h1-33H/i8D,10D,20D,24D,31D,33D. The third-order valence-corrected chi connectivity index (χ3v) is 10.4. The van der Waals surface area contributed by atoms with Crippen LogP contribution in [0, 0.1) is 0 Å². The Morgan fingerprint density at radius 2 is 1.00 bits per heavy atom. The minimum atomic E-state index is -0.487. The van der Waals surface area contributed by atoms with Crippen molar-refractivity contribution in [2.45, 2.75) is 0 Å². The summed E-state index contributed by atoms with van der Waals surface area (Å²) in [6.07, 6.45) is 0. The zero-order valence-electron chi connectivity index (χ0n) is 36.3. The largest absolute Gasteiger partial charge is 0.455 e. The van der Waals surface area contributed by atoms with Crippen molar-refractivity contribution >= 4 is 43.5 Å². The molecule has 0 saturated carbocycles. The van der Waals surface area contributed by atoms with Crippen molar-refractivity contribution in [1.82, 2.24) is 15.0 Å². The molecule has 0 radical (unpaired) electrons. The van der Waals surface area contributed by atoms with Crippen molar-refractivity contribution in [3.8, 4) is 67.5 Å². The summed E-state index contributed by atoms with van der Waals surface area (Å²) < 4.78 is 61.8. The zero-order valence-corrected chi connectivity index (χ0v) is 30.3. The molecule has 0 unspecified atom stereocenters. The van der Waals surface area contributed by atoms with Crippen LogP contribution in [0.3, 0.4) is 0 Å². The molecule has 0 aliphatic carbocycles. The van der Waals surface area contributed by atoms with E-state index in [9.17, 15) is 2.74 Å². The van der Waals surface area contributed by atoms with Crippen LogP contribution in [0.5, 0.6) is 0 Å². The van der Waals surface area contributed by atoms with Crippen LogP contribution in [0.1, 0.15) is 8.22 Å². The van der Waals surface area contributed by atoms with Gasteiger partial charge in [-0.25, -0.2) is 15.0 Å². The van der Waals surface area contributed by atoms with Crippen molar-refractivity contribution in [1.29, 1.82) is 0 Å². The lowest BCUT2D eigenvalue weighted by Gasteiger charge is -2.14. The summed E-state index contributed by atoms with van der Waals surface area (Å²) in [5.41, 5.74) is 7.22. The Morgan fingerprint density at radius 3 is 1.84 bits per heavy atom. The molecule has 2 heterocycles. The summed E-state index contributed by atoms with van der Waals surface area (Å²) in [7, 11) is 0. The highest BCUT2D eigenvalue weighted by Gasteiger charge is 2.19. The van der Waals surface area contributed by atoms with Crippen LogP contribution >= 0.6 is 0 Å². The fraction of sp³-hybridized carbons (Fsp3) is 0. The number of aromatic nitrogens is 3. The Labute approximate surface area is 337 Å². The van der Waals surface area contributed by atoms with E-state index in [-0.39, 0.29) is 45.9 Å². The number of fused-ring (bicyclic) bond motifs is 5. The van der Waals surface area contributed by atoms with Crippen molar-refractivity contribution in [3.05, 3.63) is 200 Å². The van der Waals surface area contributed by atoms with E-state index in [0.717, 1.165) is 43.8 Å². The Morgan fingerprint density at radius 1 is 0.368 bits per heavy atom. The molecule has 0 fully saturated rings. The van der Waals surface area contributed by atoms with E-state index < -0.39 is 18.1 Å².